The van der Waals surface area contributed by atoms with Crippen LogP contribution in [0.15, 0.2) is 0 Å². The Hall–Kier alpha value is -3.51. The maximum atomic E-state index is 7.29. The Labute approximate surface area is 419 Å². The van der Waals surface area contributed by atoms with Crippen LogP contribution in [-0.4, -0.2) is 204 Å². The molecule has 8 aromatic carbocycles. The second-order valence-electron chi connectivity index (χ2n) is 16.0. The minimum Gasteiger partial charge on any atom is -0.110 e. The zero-order valence-corrected chi connectivity index (χ0v) is 35.0. The fourth-order valence-electron chi connectivity index (χ4n) is 9.19. The van der Waals surface area contributed by atoms with Crippen molar-refractivity contribution in [2.75, 3.05) is 0 Å². The highest BCUT2D eigenvalue weighted by molar-refractivity contribution is 6.77. The average molecular weight is 762 g/mol. The van der Waals surface area contributed by atoms with Gasteiger partial charge in [-0.3, -0.25) is 0 Å². The Bertz CT molecular complexity index is 3560. The molecule has 0 amide bonds. The molecule has 0 aliphatic rings. The lowest BCUT2D eigenvalue weighted by Gasteiger charge is -2.33. The van der Waals surface area contributed by atoms with Crippen LogP contribution in [0.4, 0.5) is 0 Å². The highest BCUT2D eigenvalue weighted by Gasteiger charge is 2.30. The van der Waals surface area contributed by atoms with Crippen molar-refractivity contribution < 1.29 is 0 Å². The predicted octanol–water partition coefficient (Wildman–Crippen LogP) is -20.1. The SMILES string of the molecule is [B]c1c([B])c(-c2c([B])c([B])c3c([B])c([B])c([B])c([B])c3c2[B])c([B])c(-c2c3c([B])c([B])c([B])c([B])c3c(-c3c([B])c([B])c([B])c4c([B])c([B])c([B])c([B])c34)c3c([B])c([B])c([B])c([B])c23)c1[B]. The molecule has 0 bridgehead atoms. The lowest BCUT2D eigenvalue weighted by molar-refractivity contribution is 1.82. The quantitative estimate of drug-likeness (QED) is 0.124. The van der Waals surface area contributed by atoms with E-state index in [1.165, 1.54) is 0 Å². The summed E-state index contributed by atoms with van der Waals surface area (Å²) in [6.07, 6.45) is 0. The van der Waals surface area contributed by atoms with Crippen molar-refractivity contribution in [3.05, 3.63) is 0 Å². The fraction of sp³-hybridized carbons (Fsp3) is 0. The van der Waals surface area contributed by atoms with Gasteiger partial charge in [-0.05, 0) is 76.5 Å². The molecule has 238 valence electrons. The van der Waals surface area contributed by atoms with Gasteiger partial charge in [0.2, 0.25) is 0 Å². The van der Waals surface area contributed by atoms with Crippen molar-refractivity contribution >= 4 is 389 Å². The maximum Gasteiger partial charge on any atom is 0.115 e. The number of rotatable bonds is 3. The van der Waals surface area contributed by atoms with Gasteiger partial charge in [0.25, 0.3) is 0 Å². The van der Waals surface area contributed by atoms with Crippen LogP contribution in [-0.2, 0) is 0 Å². The monoisotopic (exact) mass is 766 g/mol. The van der Waals surface area contributed by atoms with Gasteiger partial charge in [0, 0.05) is 0 Å². The van der Waals surface area contributed by atoms with E-state index < -0.39 is 0 Å². The zero-order valence-electron chi connectivity index (χ0n) is 35.0. The molecule has 8 rings (SSSR count). The van der Waals surface area contributed by atoms with E-state index in [0.717, 1.165) is 0 Å². The smallest absolute Gasteiger partial charge is 0.110 e. The first-order valence-corrected chi connectivity index (χ1v) is 19.3. The molecule has 0 aromatic heterocycles. The molecule has 0 fully saturated rings. The van der Waals surface area contributed by atoms with Gasteiger partial charge in [0.1, 0.15) is 204 Å². The van der Waals surface area contributed by atoms with Crippen molar-refractivity contribution in [1.82, 2.24) is 0 Å². The second kappa shape index (κ2) is 16.6. The number of benzene rings is 8. The molecule has 52 radical (unpaired) electrons. The van der Waals surface area contributed by atoms with E-state index in [0.29, 0.717) is 0 Å². The summed E-state index contributed by atoms with van der Waals surface area (Å²) in [6.45, 7) is 0. The largest absolute Gasteiger partial charge is 0.115 e. The Morgan fingerprint density at radius 1 is 0.0909 bits per heavy atom. The van der Waals surface area contributed by atoms with Crippen molar-refractivity contribution in [3.8, 4) is 33.4 Å². The van der Waals surface area contributed by atoms with Crippen LogP contribution in [0.3, 0.4) is 0 Å². The number of hydrogen-bond donors (Lipinski definition) is 0. The van der Waals surface area contributed by atoms with Gasteiger partial charge in [-0.2, -0.15) is 0 Å². The molecule has 26 heteroatoms. The van der Waals surface area contributed by atoms with E-state index in [2.05, 4.69) is 0 Å². The standard InChI is InChI=1S/C40B26/c41-15-9(25(51)32(58)28(54)12(15)11-16(42)13-14(24(50)23(11)49)30(56)40(66)39(65)29(13)55)2-6-3(18(44)33(59)35(61)20(6)46)1(4-7(2)21(47)36(62)34(60)19(4)45)5-8-10(26(52)31(57)17(5)43)27(53)38(64)37(63)22(8)48. The molecule has 0 saturated carbocycles. The van der Waals surface area contributed by atoms with Gasteiger partial charge in [0.15, 0.2) is 0 Å². The van der Waals surface area contributed by atoms with Crippen LogP contribution in [0.25, 0.3) is 76.5 Å². The topological polar surface area (TPSA) is 0 Å². The molecule has 0 heterocycles. The minimum absolute atomic E-state index is 0.00195. The summed E-state index contributed by atoms with van der Waals surface area (Å²) in [5, 5.41) is 0.239. The summed E-state index contributed by atoms with van der Waals surface area (Å²) in [5.41, 5.74) is -4.31. The third kappa shape index (κ3) is 6.29. The normalized spacial score (nSPS) is 11.7. The molecule has 0 aliphatic carbocycles. The van der Waals surface area contributed by atoms with E-state index in [1.807, 2.05) is 0 Å². The Morgan fingerprint density at radius 3 is 0.576 bits per heavy atom. The van der Waals surface area contributed by atoms with E-state index in [9.17, 15) is 0 Å². The van der Waals surface area contributed by atoms with Crippen LogP contribution >= 0.6 is 0 Å². The first-order valence-electron chi connectivity index (χ1n) is 19.3. The van der Waals surface area contributed by atoms with E-state index >= 15 is 0 Å². The summed E-state index contributed by atoms with van der Waals surface area (Å²) in [7, 11) is 175. The molecule has 0 atom stereocenters. The van der Waals surface area contributed by atoms with Gasteiger partial charge in [-0.25, -0.2) is 0 Å². The summed E-state index contributed by atoms with van der Waals surface area (Å²) >= 11 is 0. The Balaban J connectivity index is 1.74. The summed E-state index contributed by atoms with van der Waals surface area (Å²) < 4.78 is 0. The third-order valence-corrected chi connectivity index (χ3v) is 12.8. The van der Waals surface area contributed by atoms with Gasteiger partial charge in [-0.1, -0.05) is 87.4 Å². The van der Waals surface area contributed by atoms with Crippen LogP contribution in [0.5, 0.6) is 0 Å². The van der Waals surface area contributed by atoms with E-state index in [1.54, 1.807) is 0 Å². The van der Waals surface area contributed by atoms with Crippen molar-refractivity contribution in [1.29, 1.82) is 0 Å². The molecule has 0 aliphatic heterocycles. The van der Waals surface area contributed by atoms with Gasteiger partial charge in [0.05, 0.1) is 0 Å². The highest BCUT2D eigenvalue weighted by atomic mass is 14.3. The van der Waals surface area contributed by atoms with E-state index in [-0.39, 0.29) is 219 Å². The molecule has 0 spiro atoms. The fourth-order valence-corrected chi connectivity index (χ4v) is 9.19. The molecule has 0 saturated heterocycles. The summed E-state index contributed by atoms with van der Waals surface area (Å²) in [4.78, 5) is 0. The average Bonchev–Trinajstić information content (AvgIpc) is 3.28. The van der Waals surface area contributed by atoms with Gasteiger partial charge in [-0.15, -0.1) is 54.6 Å². The Morgan fingerprint density at radius 2 is 0.242 bits per heavy atom. The molecular formula is C40B26. The highest BCUT2D eigenvalue weighted by Crippen LogP contribution is 2.40. The molecule has 66 heavy (non-hydrogen) atoms. The van der Waals surface area contributed by atoms with Crippen LogP contribution in [0, 0.1) is 0 Å². The van der Waals surface area contributed by atoms with Crippen molar-refractivity contribution in [2.45, 2.75) is 0 Å². The lowest BCUT2D eigenvalue weighted by Crippen LogP contribution is -2.53. The summed E-state index contributed by atoms with van der Waals surface area (Å²) in [6, 6.07) is 0. The maximum absolute atomic E-state index is 7.29. The minimum atomic E-state index is -0.246. The molecule has 0 unspecified atom stereocenters. The summed E-state index contributed by atoms with van der Waals surface area (Å²) in [5.74, 6) is 0. The first kappa shape index (κ1) is 48.9. The number of fused-ring (bicyclic) bond motifs is 4. The van der Waals surface area contributed by atoms with Crippen LogP contribution in [0.2, 0.25) is 0 Å². The van der Waals surface area contributed by atoms with Crippen molar-refractivity contribution in [2.24, 2.45) is 0 Å². The number of hydrogen-bond acceptors (Lipinski definition) is 0. The Kier molecular flexibility index (Phi) is 12.3. The third-order valence-electron chi connectivity index (χ3n) is 12.8. The molecule has 0 N–H and O–H groups in total. The zero-order chi connectivity index (χ0) is 49.1. The van der Waals surface area contributed by atoms with Crippen molar-refractivity contribution in [3.63, 3.8) is 0 Å². The van der Waals surface area contributed by atoms with Gasteiger partial charge < -0.3 is 0 Å². The molecular weight excluding hydrogens is 762 g/mol. The van der Waals surface area contributed by atoms with Crippen LogP contribution in [0.1, 0.15) is 0 Å². The second-order valence-corrected chi connectivity index (χ2v) is 16.0. The molecule has 8 aromatic rings. The predicted molar refractivity (Wildman–Crippen MR) is 313 cm³/mol. The van der Waals surface area contributed by atoms with E-state index in [4.69, 9.17) is 204 Å². The first-order chi connectivity index (χ1) is 30.7. The van der Waals surface area contributed by atoms with Crippen LogP contribution < -0.4 is 142 Å². The molecule has 0 nitrogen and oxygen atoms in total. The van der Waals surface area contributed by atoms with Gasteiger partial charge >= 0.3 is 0 Å². The lowest BCUT2D eigenvalue weighted by atomic mass is 9.55.